The fourth-order valence-corrected chi connectivity index (χ4v) is 2.56. The highest BCUT2D eigenvalue weighted by molar-refractivity contribution is 6.29. The van der Waals surface area contributed by atoms with Crippen molar-refractivity contribution < 1.29 is 4.79 Å². The molecular formula is C13H19ClN4O. The van der Waals surface area contributed by atoms with Crippen molar-refractivity contribution in [3.63, 3.8) is 0 Å². The molecule has 2 rings (SSSR count). The lowest BCUT2D eigenvalue weighted by Gasteiger charge is -2.45. The van der Waals surface area contributed by atoms with Crippen LogP contribution in [-0.2, 0) is 11.2 Å². The first-order valence-corrected chi connectivity index (χ1v) is 6.80. The number of carbonyl (C=O) groups excluding carboxylic acids is 1. The van der Waals surface area contributed by atoms with Crippen molar-refractivity contribution >= 4 is 23.3 Å². The summed E-state index contributed by atoms with van der Waals surface area (Å²) in [7, 11) is 1.83. The SMILES string of the molecule is CCc1nc(Cl)cc(N2CCN(C)C(=O)C2(C)C)n1. The van der Waals surface area contributed by atoms with Crippen molar-refractivity contribution in [3.05, 3.63) is 17.0 Å². The van der Waals surface area contributed by atoms with Gasteiger partial charge in [-0.25, -0.2) is 9.97 Å². The fourth-order valence-electron chi connectivity index (χ4n) is 2.36. The Labute approximate surface area is 118 Å². The van der Waals surface area contributed by atoms with Crippen molar-refractivity contribution in [3.8, 4) is 0 Å². The van der Waals surface area contributed by atoms with Gasteiger partial charge in [-0.3, -0.25) is 4.79 Å². The van der Waals surface area contributed by atoms with Crippen LogP contribution in [0.25, 0.3) is 0 Å². The smallest absolute Gasteiger partial charge is 0.247 e. The van der Waals surface area contributed by atoms with Gasteiger partial charge in [-0.05, 0) is 13.8 Å². The largest absolute Gasteiger partial charge is 0.342 e. The Kier molecular flexibility index (Phi) is 3.67. The van der Waals surface area contributed by atoms with Crippen LogP contribution in [0.4, 0.5) is 5.82 Å². The Bertz CT molecular complexity index is 503. The number of aryl methyl sites for hydroxylation is 1. The highest BCUT2D eigenvalue weighted by Crippen LogP contribution is 2.28. The molecule has 2 heterocycles. The van der Waals surface area contributed by atoms with Crippen LogP contribution < -0.4 is 4.90 Å². The molecule has 0 atom stereocenters. The molecule has 19 heavy (non-hydrogen) atoms. The molecule has 0 unspecified atom stereocenters. The molecule has 1 aliphatic heterocycles. The maximum absolute atomic E-state index is 12.3. The van der Waals surface area contributed by atoms with Gasteiger partial charge in [-0.2, -0.15) is 0 Å². The first-order chi connectivity index (χ1) is 8.86. The van der Waals surface area contributed by atoms with Gasteiger partial charge >= 0.3 is 0 Å². The second kappa shape index (κ2) is 4.96. The molecule has 6 heteroatoms. The van der Waals surface area contributed by atoms with E-state index in [0.717, 1.165) is 18.8 Å². The molecule has 0 bridgehead atoms. The number of aromatic nitrogens is 2. The number of carbonyl (C=O) groups is 1. The minimum absolute atomic E-state index is 0.0894. The Balaban J connectivity index is 2.41. The fraction of sp³-hybridized carbons (Fsp3) is 0.615. The number of piperazine rings is 1. The van der Waals surface area contributed by atoms with Gasteiger partial charge in [0.2, 0.25) is 5.91 Å². The average molecular weight is 283 g/mol. The normalized spacial score (nSPS) is 18.9. The summed E-state index contributed by atoms with van der Waals surface area (Å²) in [4.78, 5) is 24.7. The van der Waals surface area contributed by atoms with Gasteiger partial charge in [-0.15, -0.1) is 0 Å². The zero-order chi connectivity index (χ0) is 14.2. The highest BCUT2D eigenvalue weighted by atomic mass is 35.5. The second-order valence-corrected chi connectivity index (χ2v) is 5.64. The number of rotatable bonds is 2. The quantitative estimate of drug-likeness (QED) is 0.776. The van der Waals surface area contributed by atoms with Crippen LogP contribution >= 0.6 is 11.6 Å². The van der Waals surface area contributed by atoms with Crippen LogP contribution in [0.3, 0.4) is 0 Å². The number of amides is 1. The van der Waals surface area contributed by atoms with Crippen LogP contribution in [0.5, 0.6) is 0 Å². The Hall–Kier alpha value is -1.36. The third-order valence-corrected chi connectivity index (χ3v) is 3.72. The number of hydrogen-bond donors (Lipinski definition) is 0. The maximum atomic E-state index is 12.3. The van der Waals surface area contributed by atoms with Gasteiger partial charge in [0, 0.05) is 32.6 Å². The molecule has 0 radical (unpaired) electrons. The van der Waals surface area contributed by atoms with Gasteiger partial charge in [0.25, 0.3) is 0 Å². The van der Waals surface area contributed by atoms with E-state index in [1.807, 2.05) is 32.7 Å². The zero-order valence-electron chi connectivity index (χ0n) is 11.8. The van der Waals surface area contributed by atoms with Crippen molar-refractivity contribution in [2.45, 2.75) is 32.7 Å². The Morgan fingerprint density at radius 1 is 1.37 bits per heavy atom. The zero-order valence-corrected chi connectivity index (χ0v) is 12.5. The topological polar surface area (TPSA) is 49.3 Å². The molecule has 1 aliphatic rings. The molecular weight excluding hydrogens is 264 g/mol. The summed E-state index contributed by atoms with van der Waals surface area (Å²) in [5.41, 5.74) is -0.615. The summed E-state index contributed by atoms with van der Waals surface area (Å²) in [5.74, 6) is 1.51. The third kappa shape index (κ3) is 2.52. The lowest BCUT2D eigenvalue weighted by atomic mass is 9.98. The van der Waals surface area contributed by atoms with E-state index < -0.39 is 5.54 Å². The summed E-state index contributed by atoms with van der Waals surface area (Å²) < 4.78 is 0. The van der Waals surface area contributed by atoms with E-state index in [2.05, 4.69) is 9.97 Å². The van der Waals surface area contributed by atoms with Crippen LogP contribution in [0.1, 0.15) is 26.6 Å². The Morgan fingerprint density at radius 2 is 2.05 bits per heavy atom. The molecule has 0 aromatic carbocycles. The monoisotopic (exact) mass is 282 g/mol. The first kappa shape index (κ1) is 14.1. The number of hydrogen-bond acceptors (Lipinski definition) is 4. The third-order valence-electron chi connectivity index (χ3n) is 3.52. The number of likely N-dealkylation sites (N-methyl/N-ethyl adjacent to an activating group) is 1. The highest BCUT2D eigenvalue weighted by Gasteiger charge is 2.41. The minimum Gasteiger partial charge on any atom is -0.342 e. The molecule has 1 saturated heterocycles. The van der Waals surface area contributed by atoms with E-state index in [1.54, 1.807) is 11.0 Å². The van der Waals surface area contributed by atoms with Crippen molar-refractivity contribution in [1.82, 2.24) is 14.9 Å². The lowest BCUT2D eigenvalue weighted by molar-refractivity contribution is -0.136. The van der Waals surface area contributed by atoms with Gasteiger partial charge in [0.15, 0.2) is 0 Å². The second-order valence-electron chi connectivity index (χ2n) is 5.26. The van der Waals surface area contributed by atoms with Crippen LogP contribution in [0, 0.1) is 0 Å². The predicted octanol–water partition coefficient (Wildman–Crippen LogP) is 1.75. The standard InChI is InChI=1S/C13H19ClN4O/c1-5-10-15-9(14)8-11(16-10)18-7-6-17(4)12(19)13(18,2)3/h8H,5-7H2,1-4H3. The van der Waals surface area contributed by atoms with Crippen molar-refractivity contribution in [2.24, 2.45) is 0 Å². The van der Waals surface area contributed by atoms with Gasteiger partial charge in [-0.1, -0.05) is 18.5 Å². The molecule has 0 spiro atoms. The van der Waals surface area contributed by atoms with E-state index >= 15 is 0 Å². The summed E-state index contributed by atoms with van der Waals surface area (Å²) in [6, 6.07) is 1.72. The summed E-state index contributed by atoms with van der Waals surface area (Å²) in [5, 5.41) is 0.420. The van der Waals surface area contributed by atoms with E-state index in [0.29, 0.717) is 17.5 Å². The molecule has 0 saturated carbocycles. The van der Waals surface area contributed by atoms with E-state index in [9.17, 15) is 4.79 Å². The van der Waals surface area contributed by atoms with Gasteiger partial charge < -0.3 is 9.80 Å². The molecule has 5 nitrogen and oxygen atoms in total. The van der Waals surface area contributed by atoms with Crippen molar-refractivity contribution in [1.29, 1.82) is 0 Å². The minimum atomic E-state index is -0.615. The van der Waals surface area contributed by atoms with Crippen molar-refractivity contribution in [2.75, 3.05) is 25.0 Å². The first-order valence-electron chi connectivity index (χ1n) is 6.43. The molecule has 104 valence electrons. The van der Waals surface area contributed by atoms with E-state index in [4.69, 9.17) is 11.6 Å². The lowest BCUT2D eigenvalue weighted by Crippen LogP contribution is -2.62. The van der Waals surface area contributed by atoms with Gasteiger partial charge in [0.05, 0.1) is 0 Å². The van der Waals surface area contributed by atoms with Crippen LogP contribution in [-0.4, -0.2) is 46.5 Å². The average Bonchev–Trinajstić information content (AvgIpc) is 2.35. The number of anilines is 1. The maximum Gasteiger partial charge on any atom is 0.247 e. The number of nitrogens with zero attached hydrogens (tertiary/aromatic N) is 4. The summed E-state index contributed by atoms with van der Waals surface area (Å²) >= 11 is 6.03. The molecule has 1 aromatic rings. The molecule has 0 N–H and O–H groups in total. The molecule has 1 aromatic heterocycles. The molecule has 0 aliphatic carbocycles. The Morgan fingerprint density at radius 3 is 2.68 bits per heavy atom. The summed E-state index contributed by atoms with van der Waals surface area (Å²) in [6.07, 6.45) is 0.718. The predicted molar refractivity (Wildman–Crippen MR) is 75.5 cm³/mol. The van der Waals surface area contributed by atoms with Gasteiger partial charge in [0.1, 0.15) is 22.3 Å². The van der Waals surface area contributed by atoms with Crippen LogP contribution in [0.15, 0.2) is 6.07 Å². The number of halogens is 1. The van der Waals surface area contributed by atoms with Crippen LogP contribution in [0.2, 0.25) is 5.15 Å². The summed E-state index contributed by atoms with van der Waals surface area (Å²) in [6.45, 7) is 7.23. The van der Waals surface area contributed by atoms with E-state index in [-0.39, 0.29) is 5.91 Å². The molecule has 1 fully saturated rings. The van der Waals surface area contributed by atoms with E-state index in [1.165, 1.54) is 0 Å². The molecule has 1 amide bonds.